The zero-order valence-corrected chi connectivity index (χ0v) is 9.56. The van der Waals surface area contributed by atoms with E-state index in [-0.39, 0.29) is 0 Å². The van der Waals surface area contributed by atoms with Gasteiger partial charge in [0.1, 0.15) is 0 Å². The van der Waals surface area contributed by atoms with E-state index in [1.807, 2.05) is 0 Å². The molecule has 1 saturated carbocycles. The van der Waals surface area contributed by atoms with Crippen LogP contribution in [-0.4, -0.2) is 8.07 Å². The van der Waals surface area contributed by atoms with Crippen molar-refractivity contribution >= 4 is 8.07 Å². The van der Waals surface area contributed by atoms with Crippen molar-refractivity contribution in [1.29, 1.82) is 0 Å². The first-order chi connectivity index (χ1) is 5.58. The van der Waals surface area contributed by atoms with Crippen molar-refractivity contribution in [3.05, 3.63) is 17.5 Å². The van der Waals surface area contributed by atoms with Crippen LogP contribution in [0.15, 0.2) is 17.5 Å². The molecule has 0 saturated heterocycles. The van der Waals surface area contributed by atoms with E-state index in [1.165, 1.54) is 25.7 Å². The second-order valence-corrected chi connectivity index (χ2v) is 9.91. The van der Waals surface area contributed by atoms with Gasteiger partial charge in [0.15, 0.2) is 0 Å². The van der Waals surface area contributed by atoms with E-state index in [4.69, 9.17) is 0 Å². The predicted octanol–water partition coefficient (Wildman–Crippen LogP) is 3.77. The summed E-state index contributed by atoms with van der Waals surface area (Å²) in [6, 6.07) is 0. The Labute approximate surface area is 77.4 Å². The number of hydrogen-bond donors (Lipinski definition) is 0. The number of allylic oxidation sites excluding steroid dienone is 1. The highest BCUT2D eigenvalue weighted by Gasteiger charge is 2.11. The molecule has 1 rings (SSSR count). The van der Waals surface area contributed by atoms with Crippen LogP contribution in [0.5, 0.6) is 0 Å². The second-order valence-electron chi connectivity index (χ2n) is 4.89. The molecule has 1 aliphatic rings. The average molecular weight is 180 g/mol. The van der Waals surface area contributed by atoms with Gasteiger partial charge < -0.3 is 0 Å². The van der Waals surface area contributed by atoms with Crippen molar-refractivity contribution < 1.29 is 0 Å². The minimum atomic E-state index is -0.997. The van der Waals surface area contributed by atoms with Crippen molar-refractivity contribution in [1.82, 2.24) is 0 Å². The third-order valence-electron chi connectivity index (χ3n) is 2.25. The molecule has 0 spiro atoms. The summed E-state index contributed by atoms with van der Waals surface area (Å²) in [6.07, 6.45) is 7.94. The Morgan fingerprint density at radius 1 is 1.17 bits per heavy atom. The molecule has 1 heteroatoms. The normalized spacial score (nSPS) is 18.9. The molecule has 0 bridgehead atoms. The lowest BCUT2D eigenvalue weighted by atomic mass is 10.1. The zero-order valence-electron chi connectivity index (χ0n) is 8.56. The van der Waals surface area contributed by atoms with Crippen LogP contribution in [0, 0.1) is 5.92 Å². The molecule has 0 aromatic heterocycles. The molecule has 0 amide bonds. The molecule has 0 nitrogen and oxygen atoms in total. The molecular formula is C11H20Si. The van der Waals surface area contributed by atoms with E-state index in [9.17, 15) is 0 Å². The Morgan fingerprint density at radius 3 is 2.25 bits per heavy atom. The van der Waals surface area contributed by atoms with Gasteiger partial charge in [-0.2, -0.15) is 0 Å². The minimum Gasteiger partial charge on any atom is -0.134 e. The van der Waals surface area contributed by atoms with E-state index in [1.54, 1.807) is 0 Å². The Morgan fingerprint density at radius 2 is 1.75 bits per heavy atom. The van der Waals surface area contributed by atoms with Crippen LogP contribution < -0.4 is 0 Å². The van der Waals surface area contributed by atoms with Gasteiger partial charge in [-0.25, -0.2) is 0 Å². The van der Waals surface area contributed by atoms with E-state index < -0.39 is 8.07 Å². The quantitative estimate of drug-likeness (QED) is 0.448. The molecule has 0 aliphatic heterocycles. The largest absolute Gasteiger partial charge is 0.134 e. The smallest absolute Gasteiger partial charge is 0.0781 e. The molecule has 0 aromatic rings. The third kappa shape index (κ3) is 3.94. The summed E-state index contributed by atoms with van der Waals surface area (Å²) in [6.45, 7) is 7.05. The van der Waals surface area contributed by atoms with E-state index in [2.05, 4.69) is 37.1 Å². The maximum atomic E-state index is 3.38. The lowest BCUT2D eigenvalue weighted by Gasteiger charge is -2.05. The van der Waals surface area contributed by atoms with Crippen LogP contribution in [0.2, 0.25) is 19.6 Å². The molecule has 0 heterocycles. The number of rotatable bonds is 2. The fourth-order valence-electron chi connectivity index (χ4n) is 1.56. The molecular weight excluding hydrogens is 160 g/mol. The van der Waals surface area contributed by atoms with Crippen LogP contribution in [-0.2, 0) is 0 Å². The molecule has 68 valence electrons. The Bertz CT molecular complexity index is 186. The van der Waals surface area contributed by atoms with Crippen LogP contribution in [0.1, 0.15) is 25.7 Å². The standard InChI is InChI=1S/C11H20Si/c1-12(2,3)10-6-9-11-7-4-5-8-11/h9-11H,4-5,7-8H2,1-3H3. The summed E-state index contributed by atoms with van der Waals surface area (Å²) in [4.78, 5) is 0. The summed E-state index contributed by atoms with van der Waals surface area (Å²) in [5.74, 6) is 0.845. The van der Waals surface area contributed by atoms with Crippen LogP contribution in [0.25, 0.3) is 0 Å². The van der Waals surface area contributed by atoms with Crippen LogP contribution in [0.3, 0.4) is 0 Å². The van der Waals surface area contributed by atoms with E-state index in [0.29, 0.717) is 0 Å². The van der Waals surface area contributed by atoms with Gasteiger partial charge in [-0.05, 0) is 24.8 Å². The van der Waals surface area contributed by atoms with Gasteiger partial charge in [-0.15, -0.1) is 5.73 Å². The van der Waals surface area contributed by atoms with Gasteiger partial charge in [0.2, 0.25) is 0 Å². The maximum absolute atomic E-state index is 3.38. The van der Waals surface area contributed by atoms with Crippen molar-refractivity contribution in [2.45, 2.75) is 45.3 Å². The summed E-state index contributed by atoms with van der Waals surface area (Å²) >= 11 is 0. The van der Waals surface area contributed by atoms with Gasteiger partial charge in [-0.1, -0.05) is 38.2 Å². The molecule has 0 atom stereocenters. The highest BCUT2D eigenvalue weighted by Crippen LogP contribution is 2.25. The molecule has 1 aliphatic carbocycles. The Kier molecular flexibility index (Phi) is 3.36. The second kappa shape index (κ2) is 4.11. The Balaban J connectivity index is 2.42. The third-order valence-corrected chi connectivity index (χ3v) is 3.28. The molecule has 0 aromatic carbocycles. The average Bonchev–Trinajstić information content (AvgIpc) is 2.36. The SMILES string of the molecule is C[Si](C)(C)C=C=CC1CCCC1. The summed E-state index contributed by atoms with van der Waals surface area (Å²) < 4.78 is 0. The lowest BCUT2D eigenvalue weighted by molar-refractivity contribution is 0.687. The zero-order chi connectivity index (χ0) is 9.03. The number of hydrogen-bond acceptors (Lipinski definition) is 0. The van der Waals surface area contributed by atoms with Crippen LogP contribution >= 0.6 is 0 Å². The molecule has 12 heavy (non-hydrogen) atoms. The van der Waals surface area contributed by atoms with Crippen molar-refractivity contribution in [3.8, 4) is 0 Å². The fourth-order valence-corrected chi connectivity index (χ4v) is 2.15. The van der Waals surface area contributed by atoms with Gasteiger partial charge in [0.05, 0.1) is 8.07 Å². The first-order valence-electron chi connectivity index (χ1n) is 5.02. The summed E-state index contributed by atoms with van der Waals surface area (Å²) in [5, 5.41) is 0. The monoisotopic (exact) mass is 180 g/mol. The fraction of sp³-hybridized carbons (Fsp3) is 0.727. The van der Waals surface area contributed by atoms with Crippen molar-refractivity contribution in [3.63, 3.8) is 0 Å². The van der Waals surface area contributed by atoms with Gasteiger partial charge in [-0.3, -0.25) is 0 Å². The Hall–Kier alpha value is -0.263. The van der Waals surface area contributed by atoms with Gasteiger partial charge in [0, 0.05) is 0 Å². The molecule has 0 unspecified atom stereocenters. The molecule has 0 N–H and O–H groups in total. The van der Waals surface area contributed by atoms with Crippen molar-refractivity contribution in [2.24, 2.45) is 5.92 Å². The van der Waals surface area contributed by atoms with Gasteiger partial charge in [0.25, 0.3) is 0 Å². The van der Waals surface area contributed by atoms with Gasteiger partial charge >= 0.3 is 0 Å². The van der Waals surface area contributed by atoms with Crippen LogP contribution in [0.4, 0.5) is 0 Å². The molecule has 1 fully saturated rings. The summed E-state index contributed by atoms with van der Waals surface area (Å²) in [5.41, 5.74) is 5.69. The summed E-state index contributed by atoms with van der Waals surface area (Å²) in [7, 11) is -0.997. The predicted molar refractivity (Wildman–Crippen MR) is 58.0 cm³/mol. The van der Waals surface area contributed by atoms with Crippen molar-refractivity contribution in [2.75, 3.05) is 0 Å². The lowest BCUT2D eigenvalue weighted by Crippen LogP contribution is -2.14. The van der Waals surface area contributed by atoms with E-state index >= 15 is 0 Å². The molecule has 0 radical (unpaired) electrons. The highest BCUT2D eigenvalue weighted by molar-refractivity contribution is 6.80. The topological polar surface area (TPSA) is 0 Å². The first kappa shape index (κ1) is 9.82. The highest BCUT2D eigenvalue weighted by atomic mass is 28.3. The minimum absolute atomic E-state index is 0.845. The maximum Gasteiger partial charge on any atom is 0.0781 e. The van der Waals surface area contributed by atoms with E-state index in [0.717, 1.165) is 5.92 Å². The first-order valence-corrected chi connectivity index (χ1v) is 8.59.